The van der Waals surface area contributed by atoms with Crippen LogP contribution in [0.3, 0.4) is 0 Å². The van der Waals surface area contributed by atoms with E-state index < -0.39 is 31.8 Å². The normalized spacial score (nSPS) is 45.7. The number of allylic oxidation sites excluding steroid dienone is 4. The van der Waals surface area contributed by atoms with E-state index in [4.69, 9.17) is 23.4 Å². The minimum atomic E-state index is -1.98. The summed E-state index contributed by atoms with van der Waals surface area (Å²) < 4.78 is 32.7. The van der Waals surface area contributed by atoms with Gasteiger partial charge in [-0.05, 0) is 69.7 Å². The third kappa shape index (κ3) is 7.00. The molecule has 0 aromatic carbocycles. The van der Waals surface area contributed by atoms with Crippen LogP contribution in [0.15, 0.2) is 47.1 Å². The van der Waals surface area contributed by atoms with E-state index in [-0.39, 0.29) is 42.5 Å². The number of rotatable bonds is 3. The maximum absolute atomic E-state index is 14.2. The molecule has 3 saturated heterocycles. The Morgan fingerprint density at radius 3 is 2.63 bits per heavy atom. The summed E-state index contributed by atoms with van der Waals surface area (Å²) in [5.41, 5.74) is 0.603. The second-order valence-corrected chi connectivity index (χ2v) is 19.3. The van der Waals surface area contributed by atoms with E-state index in [0.717, 1.165) is 32.1 Å². The van der Waals surface area contributed by atoms with Crippen molar-refractivity contribution in [2.75, 3.05) is 6.61 Å². The molecule has 0 amide bonds. The van der Waals surface area contributed by atoms with Crippen molar-refractivity contribution >= 4 is 14.3 Å². The molecule has 1 N–H and O–H groups in total. The fourth-order valence-electron chi connectivity index (χ4n) is 7.72. The van der Waals surface area contributed by atoms with Crippen molar-refractivity contribution in [2.45, 2.75) is 141 Å². The zero-order valence-electron chi connectivity index (χ0n) is 27.6. The summed E-state index contributed by atoms with van der Waals surface area (Å²) in [5.74, 6) is -0.619. The lowest BCUT2D eigenvalue weighted by molar-refractivity contribution is -0.334. The molecule has 4 heterocycles. The predicted molar refractivity (Wildman–Crippen MR) is 170 cm³/mol. The first kappa shape index (κ1) is 32.8. The largest absolute Gasteiger partial charge is 0.459 e. The SMILES string of the molecule is CC[C@H]1O[C@]2(CC[C@@H]1C)C[C@@H]1C[C@@H](C/C=C(\C)C[C@@H](C)/C=C/C=C3\CO[C@@H]4[C@H](O[Si](C)(C)C)[C@@H](C)C=C(C(=O)O1)[C@]34O)O2. The van der Waals surface area contributed by atoms with E-state index in [9.17, 15) is 9.90 Å². The van der Waals surface area contributed by atoms with Crippen LogP contribution in [0.2, 0.25) is 19.6 Å². The fourth-order valence-corrected chi connectivity index (χ4v) is 8.88. The predicted octanol–water partition coefficient (Wildman–Crippen LogP) is 6.78. The first-order valence-electron chi connectivity index (χ1n) is 16.6. The molecule has 7 nitrogen and oxygen atoms in total. The van der Waals surface area contributed by atoms with Crippen molar-refractivity contribution in [2.24, 2.45) is 17.8 Å². The quantitative estimate of drug-likeness (QED) is 0.213. The fraction of sp³-hybridized carbons (Fsp3) is 0.743. The van der Waals surface area contributed by atoms with Gasteiger partial charge in [-0.2, -0.15) is 0 Å². The number of esters is 1. The lowest BCUT2D eigenvalue weighted by Crippen LogP contribution is -2.58. The Balaban J connectivity index is 1.53. The minimum absolute atomic E-state index is 0.113. The second-order valence-electron chi connectivity index (χ2n) is 14.9. The molecule has 3 fully saturated rings. The molecular weight excluding hydrogens is 560 g/mol. The molecule has 0 aromatic rings. The van der Waals surface area contributed by atoms with Crippen LogP contribution in [0.25, 0.3) is 0 Å². The van der Waals surface area contributed by atoms with Crippen LogP contribution in [0, 0.1) is 17.8 Å². The van der Waals surface area contributed by atoms with Gasteiger partial charge >= 0.3 is 5.97 Å². The van der Waals surface area contributed by atoms with Gasteiger partial charge in [-0.1, -0.05) is 63.6 Å². The Kier molecular flexibility index (Phi) is 9.68. The Morgan fingerprint density at radius 1 is 1.14 bits per heavy atom. The molecule has 1 aliphatic carbocycles. The Hall–Kier alpha value is -1.55. The van der Waals surface area contributed by atoms with E-state index in [1.807, 2.05) is 25.2 Å². The molecule has 5 aliphatic rings. The van der Waals surface area contributed by atoms with Gasteiger partial charge in [-0.25, -0.2) is 4.79 Å². The van der Waals surface area contributed by atoms with Crippen molar-refractivity contribution in [3.63, 3.8) is 0 Å². The molecule has 5 rings (SSSR count). The maximum atomic E-state index is 14.2. The van der Waals surface area contributed by atoms with Gasteiger partial charge in [-0.3, -0.25) is 0 Å². The molecule has 43 heavy (non-hydrogen) atoms. The monoisotopic (exact) mass is 614 g/mol. The highest BCUT2D eigenvalue weighted by Crippen LogP contribution is 2.48. The van der Waals surface area contributed by atoms with Gasteiger partial charge in [0.05, 0.1) is 30.5 Å². The van der Waals surface area contributed by atoms with Crippen molar-refractivity contribution in [3.8, 4) is 0 Å². The van der Waals surface area contributed by atoms with Gasteiger partial charge in [0.15, 0.2) is 14.1 Å². The molecule has 0 unspecified atom stereocenters. The third-order valence-electron chi connectivity index (χ3n) is 9.90. The summed E-state index contributed by atoms with van der Waals surface area (Å²) in [5, 5.41) is 12.5. The molecular formula is C35H54O7Si. The van der Waals surface area contributed by atoms with Crippen LogP contribution in [0.4, 0.5) is 0 Å². The van der Waals surface area contributed by atoms with Gasteiger partial charge < -0.3 is 28.5 Å². The first-order valence-corrected chi connectivity index (χ1v) is 20.0. The number of carbonyl (C=O) groups excluding carboxylic acids is 1. The molecule has 8 heteroatoms. The van der Waals surface area contributed by atoms with Crippen LogP contribution < -0.4 is 0 Å². The van der Waals surface area contributed by atoms with E-state index in [1.54, 1.807) is 0 Å². The van der Waals surface area contributed by atoms with E-state index in [2.05, 4.69) is 59.5 Å². The summed E-state index contributed by atoms with van der Waals surface area (Å²) >= 11 is 0. The van der Waals surface area contributed by atoms with Crippen molar-refractivity contribution < 1.29 is 33.3 Å². The van der Waals surface area contributed by atoms with Gasteiger partial charge in [0.1, 0.15) is 17.8 Å². The number of fused-ring (bicyclic) bond motifs is 2. The summed E-state index contributed by atoms with van der Waals surface area (Å²) in [6.07, 6.45) is 14.2. The van der Waals surface area contributed by atoms with Crippen LogP contribution in [0.1, 0.15) is 79.6 Å². The smallest absolute Gasteiger partial charge is 0.337 e. The van der Waals surface area contributed by atoms with Gasteiger partial charge in [0.2, 0.25) is 0 Å². The van der Waals surface area contributed by atoms with E-state index >= 15 is 0 Å². The molecule has 0 saturated carbocycles. The van der Waals surface area contributed by atoms with Gasteiger partial charge in [0, 0.05) is 25.2 Å². The molecule has 2 bridgehead atoms. The lowest BCUT2D eigenvalue weighted by Gasteiger charge is -2.49. The second kappa shape index (κ2) is 12.7. The molecule has 0 radical (unpaired) electrons. The highest BCUT2D eigenvalue weighted by atomic mass is 28.4. The zero-order valence-corrected chi connectivity index (χ0v) is 28.6. The average molecular weight is 615 g/mol. The molecule has 10 atom stereocenters. The standard InChI is InChI=1S/C35H54O7Si/c1-9-30-24(4)15-16-34(41-30)20-28-19-27(40-34)14-13-23(3)17-22(2)11-10-12-26-21-38-32-31(42-43(6,7)8)25(5)18-29(33(36)39-28)35(26,32)37/h10-13,18,22,24-25,27-28,30-32,37H,9,14-17,19-21H2,1-8H3/b11-10+,23-13+,26-12+/t22-,24-,25-,27+,28-,30+,31+,32+,34+,35+/m0/s1. The summed E-state index contributed by atoms with van der Waals surface area (Å²) in [4.78, 5) is 14.2. The summed E-state index contributed by atoms with van der Waals surface area (Å²) in [6, 6.07) is 0. The Labute approximate surface area is 259 Å². The average Bonchev–Trinajstić information content (AvgIpc) is 3.26. The van der Waals surface area contributed by atoms with Crippen molar-refractivity contribution in [1.29, 1.82) is 0 Å². The number of carbonyl (C=O) groups is 1. The highest BCUT2D eigenvalue weighted by molar-refractivity contribution is 6.69. The summed E-state index contributed by atoms with van der Waals surface area (Å²) in [6.45, 7) is 17.4. The Bertz CT molecular complexity index is 1170. The number of ether oxygens (including phenoxy) is 4. The molecule has 4 aliphatic heterocycles. The van der Waals surface area contributed by atoms with Crippen LogP contribution in [-0.2, 0) is 28.2 Å². The lowest BCUT2D eigenvalue weighted by atomic mass is 9.72. The summed E-state index contributed by atoms with van der Waals surface area (Å²) in [7, 11) is -1.98. The van der Waals surface area contributed by atoms with Crippen LogP contribution in [0.5, 0.6) is 0 Å². The van der Waals surface area contributed by atoms with Crippen molar-refractivity contribution in [1.82, 2.24) is 0 Å². The number of hydrogen-bond donors (Lipinski definition) is 1. The molecule has 0 aromatic heterocycles. The van der Waals surface area contributed by atoms with Gasteiger partial charge in [-0.15, -0.1) is 0 Å². The van der Waals surface area contributed by atoms with E-state index in [1.165, 1.54) is 5.57 Å². The minimum Gasteiger partial charge on any atom is -0.459 e. The topological polar surface area (TPSA) is 83.5 Å². The van der Waals surface area contributed by atoms with Gasteiger partial charge in [0.25, 0.3) is 0 Å². The van der Waals surface area contributed by atoms with Crippen LogP contribution >= 0.6 is 0 Å². The highest BCUT2D eigenvalue weighted by Gasteiger charge is 2.59. The molecule has 240 valence electrons. The molecule has 1 spiro atoms. The Morgan fingerprint density at radius 2 is 1.91 bits per heavy atom. The van der Waals surface area contributed by atoms with Crippen molar-refractivity contribution in [3.05, 3.63) is 47.1 Å². The van der Waals surface area contributed by atoms with E-state index in [0.29, 0.717) is 30.3 Å². The first-order chi connectivity index (χ1) is 20.2. The number of hydrogen-bond acceptors (Lipinski definition) is 7. The van der Waals surface area contributed by atoms with Crippen LogP contribution in [-0.4, -0.2) is 67.9 Å². The third-order valence-corrected chi connectivity index (χ3v) is 10.9. The maximum Gasteiger partial charge on any atom is 0.337 e. The number of aliphatic hydroxyl groups is 1. The zero-order chi connectivity index (χ0) is 31.2.